The van der Waals surface area contributed by atoms with Crippen molar-refractivity contribution in [2.24, 2.45) is 5.92 Å². The molecule has 0 unspecified atom stereocenters. The molecule has 1 saturated carbocycles. The van der Waals surface area contributed by atoms with Gasteiger partial charge in [0.15, 0.2) is 0 Å². The SMILES string of the molecule is CN(CC1CCC1)S(=O)(=O)c1cccc(S(=O)(=O)F)c1. The molecule has 5 nitrogen and oxygen atoms in total. The third kappa shape index (κ3) is 3.18. The molecule has 0 N–H and O–H groups in total. The zero-order valence-electron chi connectivity index (χ0n) is 11.0. The minimum absolute atomic E-state index is 0.210. The Kier molecular flexibility index (Phi) is 4.17. The molecule has 1 fully saturated rings. The minimum Gasteiger partial charge on any atom is -0.207 e. The first-order valence-electron chi connectivity index (χ1n) is 6.22. The first-order chi connectivity index (χ1) is 9.21. The first kappa shape index (κ1) is 15.4. The maximum Gasteiger partial charge on any atom is 0.332 e. The van der Waals surface area contributed by atoms with Gasteiger partial charge in [0, 0.05) is 13.6 Å². The van der Waals surface area contributed by atoms with Crippen molar-refractivity contribution in [2.75, 3.05) is 13.6 Å². The van der Waals surface area contributed by atoms with Crippen LogP contribution >= 0.6 is 0 Å². The topological polar surface area (TPSA) is 71.5 Å². The van der Waals surface area contributed by atoms with E-state index >= 15 is 0 Å². The molecule has 112 valence electrons. The van der Waals surface area contributed by atoms with Crippen LogP contribution in [0, 0.1) is 5.92 Å². The second kappa shape index (κ2) is 5.42. The summed E-state index contributed by atoms with van der Waals surface area (Å²) in [6, 6.07) is 4.36. The Hall–Kier alpha value is -0.990. The van der Waals surface area contributed by atoms with Crippen LogP contribution in [-0.2, 0) is 20.2 Å². The second-order valence-electron chi connectivity index (χ2n) is 5.00. The Morgan fingerprint density at radius 3 is 2.30 bits per heavy atom. The van der Waals surface area contributed by atoms with E-state index in [9.17, 15) is 20.7 Å². The molecular weight excluding hydrogens is 305 g/mol. The number of halogens is 1. The molecule has 0 radical (unpaired) electrons. The van der Waals surface area contributed by atoms with Gasteiger partial charge in [0.2, 0.25) is 10.0 Å². The highest BCUT2D eigenvalue weighted by molar-refractivity contribution is 7.89. The number of nitrogens with zero attached hydrogens (tertiary/aromatic N) is 1. The number of benzene rings is 1. The third-order valence-corrected chi connectivity index (χ3v) is 6.17. The number of hydrogen-bond donors (Lipinski definition) is 0. The second-order valence-corrected chi connectivity index (χ2v) is 8.39. The lowest BCUT2D eigenvalue weighted by molar-refractivity contribution is 0.263. The number of hydrogen-bond acceptors (Lipinski definition) is 4. The van der Waals surface area contributed by atoms with Crippen molar-refractivity contribution in [1.82, 2.24) is 4.31 Å². The lowest BCUT2D eigenvalue weighted by Crippen LogP contribution is -2.34. The number of rotatable bonds is 5. The molecule has 0 atom stereocenters. The lowest BCUT2D eigenvalue weighted by atomic mass is 9.86. The van der Waals surface area contributed by atoms with Gasteiger partial charge in [0.25, 0.3) is 0 Å². The van der Waals surface area contributed by atoms with Crippen LogP contribution in [0.2, 0.25) is 0 Å². The van der Waals surface area contributed by atoms with Gasteiger partial charge < -0.3 is 0 Å². The van der Waals surface area contributed by atoms with E-state index in [1.807, 2.05) is 0 Å². The van der Waals surface area contributed by atoms with Crippen molar-refractivity contribution < 1.29 is 20.7 Å². The van der Waals surface area contributed by atoms with Crippen molar-refractivity contribution >= 4 is 20.2 Å². The Morgan fingerprint density at radius 1 is 1.20 bits per heavy atom. The first-order valence-corrected chi connectivity index (χ1v) is 9.04. The highest BCUT2D eigenvalue weighted by Crippen LogP contribution is 2.29. The summed E-state index contributed by atoms with van der Waals surface area (Å²) < 4.78 is 60.4. The van der Waals surface area contributed by atoms with Crippen LogP contribution in [0.5, 0.6) is 0 Å². The summed E-state index contributed by atoms with van der Waals surface area (Å²) in [5.74, 6) is 0.350. The lowest BCUT2D eigenvalue weighted by Gasteiger charge is -2.29. The van der Waals surface area contributed by atoms with E-state index < -0.39 is 25.1 Å². The molecule has 20 heavy (non-hydrogen) atoms. The maximum atomic E-state index is 12.9. The van der Waals surface area contributed by atoms with Crippen LogP contribution in [0.15, 0.2) is 34.1 Å². The monoisotopic (exact) mass is 321 g/mol. The molecule has 0 aliphatic heterocycles. The minimum atomic E-state index is -4.91. The molecule has 0 amide bonds. The van der Waals surface area contributed by atoms with Crippen molar-refractivity contribution in [3.8, 4) is 0 Å². The van der Waals surface area contributed by atoms with Gasteiger partial charge >= 0.3 is 10.2 Å². The smallest absolute Gasteiger partial charge is 0.207 e. The van der Waals surface area contributed by atoms with Gasteiger partial charge in [-0.3, -0.25) is 0 Å². The van der Waals surface area contributed by atoms with Crippen LogP contribution in [-0.4, -0.2) is 34.7 Å². The summed E-state index contributed by atoms with van der Waals surface area (Å²) in [7, 11) is -7.25. The average molecular weight is 321 g/mol. The molecule has 8 heteroatoms. The molecule has 1 aromatic carbocycles. The Balaban J connectivity index is 2.29. The van der Waals surface area contributed by atoms with E-state index in [4.69, 9.17) is 0 Å². The molecule has 0 aromatic heterocycles. The fraction of sp³-hybridized carbons (Fsp3) is 0.500. The summed E-state index contributed by atoms with van der Waals surface area (Å²) in [4.78, 5) is -0.853. The van der Waals surface area contributed by atoms with Crippen LogP contribution < -0.4 is 0 Å². The predicted molar refractivity (Wildman–Crippen MR) is 71.9 cm³/mol. The Bertz CT molecular complexity index is 696. The quantitative estimate of drug-likeness (QED) is 0.775. The summed E-state index contributed by atoms with van der Waals surface area (Å²) >= 11 is 0. The fourth-order valence-corrected chi connectivity index (χ4v) is 3.98. The molecule has 0 heterocycles. The Morgan fingerprint density at radius 2 is 1.80 bits per heavy atom. The molecule has 0 saturated heterocycles. The molecule has 0 spiro atoms. The van der Waals surface area contributed by atoms with Crippen molar-refractivity contribution in [3.63, 3.8) is 0 Å². The van der Waals surface area contributed by atoms with Crippen molar-refractivity contribution in [1.29, 1.82) is 0 Å². The molecule has 1 aromatic rings. The van der Waals surface area contributed by atoms with E-state index in [0.717, 1.165) is 31.4 Å². The van der Waals surface area contributed by atoms with Crippen LogP contribution in [0.1, 0.15) is 19.3 Å². The van der Waals surface area contributed by atoms with Crippen LogP contribution in [0.25, 0.3) is 0 Å². The highest BCUT2D eigenvalue weighted by atomic mass is 32.3. The highest BCUT2D eigenvalue weighted by Gasteiger charge is 2.27. The van der Waals surface area contributed by atoms with Crippen LogP contribution in [0.3, 0.4) is 0 Å². The number of sulfonamides is 1. The molecular formula is C12H16FNO4S2. The molecule has 1 aliphatic carbocycles. The van der Waals surface area contributed by atoms with Gasteiger partial charge in [-0.15, -0.1) is 3.89 Å². The summed E-state index contributed by atoms with van der Waals surface area (Å²) in [6.07, 6.45) is 3.10. The molecule has 0 bridgehead atoms. The van der Waals surface area contributed by atoms with Gasteiger partial charge in [-0.05, 0) is 37.0 Å². The normalized spacial score (nSPS) is 17.1. The maximum absolute atomic E-state index is 12.9. The van der Waals surface area contributed by atoms with E-state index in [-0.39, 0.29) is 4.90 Å². The zero-order chi connectivity index (χ0) is 15.0. The van der Waals surface area contributed by atoms with E-state index in [1.165, 1.54) is 23.5 Å². The van der Waals surface area contributed by atoms with Gasteiger partial charge in [-0.1, -0.05) is 12.5 Å². The molecule has 1 aliphatic rings. The predicted octanol–water partition coefficient (Wildman–Crippen LogP) is 1.77. The fourth-order valence-electron chi connectivity index (χ4n) is 2.10. The third-order valence-electron chi connectivity index (χ3n) is 3.54. The van der Waals surface area contributed by atoms with Crippen molar-refractivity contribution in [3.05, 3.63) is 24.3 Å². The van der Waals surface area contributed by atoms with Gasteiger partial charge in [-0.2, -0.15) is 8.42 Å². The van der Waals surface area contributed by atoms with Gasteiger partial charge in [-0.25, -0.2) is 12.7 Å². The average Bonchev–Trinajstić information content (AvgIpc) is 2.32. The summed E-state index contributed by atoms with van der Waals surface area (Å²) in [5.41, 5.74) is 0. The Labute approximate surface area is 118 Å². The van der Waals surface area contributed by atoms with E-state index in [1.54, 1.807) is 0 Å². The van der Waals surface area contributed by atoms with Crippen LogP contribution in [0.4, 0.5) is 3.89 Å². The van der Waals surface area contributed by atoms with E-state index in [2.05, 4.69) is 0 Å². The van der Waals surface area contributed by atoms with E-state index in [0.29, 0.717) is 12.5 Å². The standard InChI is InChI=1S/C12H16FNO4S2/c1-14(9-10-4-2-5-10)20(17,18)12-7-3-6-11(8-12)19(13,15)16/h3,6-8,10H,2,4-5,9H2,1H3. The van der Waals surface area contributed by atoms with Crippen molar-refractivity contribution in [2.45, 2.75) is 29.1 Å². The zero-order valence-corrected chi connectivity index (χ0v) is 12.6. The largest absolute Gasteiger partial charge is 0.332 e. The summed E-state index contributed by atoms with van der Waals surface area (Å²) in [5, 5.41) is 0. The molecule has 2 rings (SSSR count). The summed E-state index contributed by atoms with van der Waals surface area (Å²) in [6.45, 7) is 0.398. The van der Waals surface area contributed by atoms with Gasteiger partial charge in [0.05, 0.1) is 9.79 Å². The van der Waals surface area contributed by atoms with Gasteiger partial charge in [0.1, 0.15) is 0 Å².